The first-order valence-electron chi connectivity index (χ1n) is 6.32. The lowest BCUT2D eigenvalue weighted by Crippen LogP contribution is -2.05. The molecule has 3 rings (SSSR count). The minimum Gasteiger partial charge on any atom is -0.289 e. The van der Waals surface area contributed by atoms with Crippen molar-refractivity contribution in [1.82, 2.24) is 4.98 Å². The molecule has 0 bridgehead atoms. The average molecular weight is 373 g/mol. The summed E-state index contributed by atoms with van der Waals surface area (Å²) in [6, 6.07) is 17.4. The summed E-state index contributed by atoms with van der Waals surface area (Å²) in [6.07, 6.45) is 0. The molecule has 0 N–H and O–H groups in total. The fourth-order valence-corrected chi connectivity index (χ4v) is 2.56. The minimum absolute atomic E-state index is 0.0251. The Balaban J connectivity index is 2.11. The van der Waals surface area contributed by atoms with E-state index in [9.17, 15) is 4.79 Å². The van der Waals surface area contributed by atoms with E-state index in [2.05, 4.69) is 27.6 Å². The normalized spacial score (nSPS) is 10.7. The maximum atomic E-state index is 12.6. The number of hydrogen-bond acceptors (Lipinski definition) is 2. The van der Waals surface area contributed by atoms with Gasteiger partial charge in [-0.05, 0) is 65.9 Å². The molecule has 0 unspecified atom stereocenters. The lowest BCUT2D eigenvalue weighted by Gasteiger charge is -2.07. The number of rotatable bonds is 2. The molecule has 98 valence electrons. The molecule has 20 heavy (non-hydrogen) atoms. The zero-order valence-corrected chi connectivity index (χ0v) is 13.1. The number of fused-ring (bicyclic) bond motifs is 1. The molecule has 0 aliphatic carbocycles. The molecule has 0 amide bonds. The highest BCUT2D eigenvalue weighted by atomic mass is 127. The van der Waals surface area contributed by atoms with Gasteiger partial charge >= 0.3 is 0 Å². The van der Waals surface area contributed by atoms with Crippen LogP contribution >= 0.6 is 22.6 Å². The van der Waals surface area contributed by atoms with E-state index in [1.165, 1.54) is 0 Å². The van der Waals surface area contributed by atoms with E-state index in [1.54, 1.807) is 0 Å². The second kappa shape index (κ2) is 5.32. The van der Waals surface area contributed by atoms with Gasteiger partial charge in [0.15, 0.2) is 5.78 Å². The first-order chi connectivity index (χ1) is 9.65. The Labute approximate surface area is 131 Å². The van der Waals surface area contributed by atoms with Gasteiger partial charge in [0, 0.05) is 25.8 Å². The van der Waals surface area contributed by atoms with Crippen LogP contribution in [0.3, 0.4) is 0 Å². The Morgan fingerprint density at radius 2 is 1.75 bits per heavy atom. The van der Waals surface area contributed by atoms with Crippen LogP contribution in [-0.2, 0) is 0 Å². The van der Waals surface area contributed by atoms with Crippen LogP contribution in [0.4, 0.5) is 0 Å². The summed E-state index contributed by atoms with van der Waals surface area (Å²) in [6.45, 7) is 1.88. The smallest absolute Gasteiger partial charge is 0.194 e. The number of halogens is 1. The molecule has 2 aromatic carbocycles. The Morgan fingerprint density at radius 3 is 2.50 bits per heavy atom. The Hall–Kier alpha value is -1.75. The van der Waals surface area contributed by atoms with Crippen LogP contribution in [0.15, 0.2) is 54.6 Å². The Kier molecular flexibility index (Phi) is 3.53. The zero-order valence-electron chi connectivity index (χ0n) is 10.9. The molecule has 0 radical (unpaired) electrons. The van der Waals surface area contributed by atoms with Gasteiger partial charge in [0.2, 0.25) is 0 Å². The summed E-state index contributed by atoms with van der Waals surface area (Å²) >= 11 is 2.23. The van der Waals surface area contributed by atoms with Crippen molar-refractivity contribution < 1.29 is 4.79 Å². The molecule has 0 spiro atoms. The second-order valence-corrected chi connectivity index (χ2v) is 5.90. The number of aromatic nitrogens is 1. The average Bonchev–Trinajstić information content (AvgIpc) is 2.46. The molecule has 0 saturated heterocycles. The number of ketones is 1. The highest BCUT2D eigenvalue weighted by molar-refractivity contribution is 14.1. The number of benzene rings is 2. The first kappa shape index (κ1) is 13.2. The molecule has 0 aliphatic rings. The van der Waals surface area contributed by atoms with Crippen molar-refractivity contribution in [1.29, 1.82) is 0 Å². The van der Waals surface area contributed by atoms with E-state index in [1.807, 2.05) is 61.5 Å². The number of pyridine rings is 1. The van der Waals surface area contributed by atoms with Crippen LogP contribution in [0.25, 0.3) is 10.9 Å². The number of aryl methyl sites for hydroxylation is 1. The number of para-hydroxylation sites is 1. The van der Waals surface area contributed by atoms with Gasteiger partial charge in [-0.15, -0.1) is 0 Å². The van der Waals surface area contributed by atoms with E-state index >= 15 is 0 Å². The fourth-order valence-electron chi connectivity index (χ4n) is 2.20. The fraction of sp³-hybridized carbons (Fsp3) is 0.0588. The van der Waals surface area contributed by atoms with Crippen LogP contribution < -0.4 is 0 Å². The molecule has 0 aliphatic heterocycles. The molecule has 3 heteroatoms. The lowest BCUT2D eigenvalue weighted by atomic mass is 10.0. The maximum absolute atomic E-state index is 12.6. The van der Waals surface area contributed by atoms with Crippen LogP contribution in [0.1, 0.15) is 21.6 Å². The quantitative estimate of drug-likeness (QED) is 0.493. The molecule has 3 aromatic rings. The van der Waals surface area contributed by atoms with Gasteiger partial charge in [-0.2, -0.15) is 0 Å². The van der Waals surface area contributed by atoms with E-state index in [0.717, 1.165) is 20.2 Å². The van der Waals surface area contributed by atoms with Gasteiger partial charge < -0.3 is 0 Å². The van der Waals surface area contributed by atoms with Crippen LogP contribution in [0.2, 0.25) is 0 Å². The molecule has 0 fully saturated rings. The van der Waals surface area contributed by atoms with Crippen molar-refractivity contribution in [3.05, 3.63) is 75.0 Å². The predicted molar refractivity (Wildman–Crippen MR) is 89.1 cm³/mol. The summed E-state index contributed by atoms with van der Waals surface area (Å²) < 4.78 is 1.12. The highest BCUT2D eigenvalue weighted by Crippen LogP contribution is 2.19. The maximum Gasteiger partial charge on any atom is 0.194 e. The topological polar surface area (TPSA) is 30.0 Å². The zero-order chi connectivity index (χ0) is 14.1. The van der Waals surface area contributed by atoms with Crippen molar-refractivity contribution in [3.8, 4) is 0 Å². The molecule has 2 nitrogen and oxygen atoms in total. The largest absolute Gasteiger partial charge is 0.289 e. The molecule has 0 saturated carbocycles. The number of hydrogen-bond donors (Lipinski definition) is 0. The van der Waals surface area contributed by atoms with Crippen molar-refractivity contribution in [2.24, 2.45) is 0 Å². The van der Waals surface area contributed by atoms with Gasteiger partial charge in [0.05, 0.1) is 5.52 Å². The molecular weight excluding hydrogens is 361 g/mol. The van der Waals surface area contributed by atoms with E-state index in [4.69, 9.17) is 0 Å². The van der Waals surface area contributed by atoms with E-state index in [-0.39, 0.29) is 5.78 Å². The summed E-state index contributed by atoms with van der Waals surface area (Å²) in [5, 5.41) is 0.993. The Bertz CT molecular complexity index is 794. The number of nitrogens with zero attached hydrogens (tertiary/aromatic N) is 1. The van der Waals surface area contributed by atoms with Crippen molar-refractivity contribution in [3.63, 3.8) is 0 Å². The van der Waals surface area contributed by atoms with Crippen molar-refractivity contribution >= 4 is 39.3 Å². The molecule has 1 aromatic heterocycles. The van der Waals surface area contributed by atoms with Crippen LogP contribution in [0, 0.1) is 10.5 Å². The third kappa shape index (κ3) is 2.45. The van der Waals surface area contributed by atoms with E-state index < -0.39 is 0 Å². The molecule has 1 heterocycles. The van der Waals surface area contributed by atoms with Crippen molar-refractivity contribution in [2.45, 2.75) is 6.92 Å². The number of carbonyl (C=O) groups is 1. The Morgan fingerprint density at radius 1 is 1.05 bits per heavy atom. The van der Waals surface area contributed by atoms with Gasteiger partial charge in [-0.25, -0.2) is 0 Å². The van der Waals surface area contributed by atoms with Gasteiger partial charge in [0.1, 0.15) is 0 Å². The summed E-state index contributed by atoms with van der Waals surface area (Å²) in [4.78, 5) is 17.1. The van der Waals surface area contributed by atoms with E-state index in [0.29, 0.717) is 11.1 Å². The third-order valence-corrected chi connectivity index (χ3v) is 3.98. The van der Waals surface area contributed by atoms with Crippen molar-refractivity contribution in [2.75, 3.05) is 0 Å². The number of carbonyl (C=O) groups excluding carboxylic acids is 1. The summed E-state index contributed by atoms with van der Waals surface area (Å²) in [5.41, 5.74) is 3.06. The molecular formula is C17H12INO. The monoisotopic (exact) mass is 373 g/mol. The van der Waals surface area contributed by atoms with Crippen LogP contribution in [0.5, 0.6) is 0 Å². The standard InChI is InChI=1S/C17H12INO/c1-11-15(10-13-4-2-3-5-16(13)19-11)17(20)12-6-8-14(18)9-7-12/h2-10H,1H3. The summed E-state index contributed by atoms with van der Waals surface area (Å²) in [7, 11) is 0. The molecule has 0 atom stereocenters. The second-order valence-electron chi connectivity index (χ2n) is 4.65. The minimum atomic E-state index is 0.0251. The van der Waals surface area contributed by atoms with Gasteiger partial charge in [-0.1, -0.05) is 18.2 Å². The third-order valence-electron chi connectivity index (χ3n) is 3.27. The lowest BCUT2D eigenvalue weighted by molar-refractivity contribution is 0.103. The van der Waals surface area contributed by atoms with Gasteiger partial charge in [-0.3, -0.25) is 9.78 Å². The predicted octanol–water partition coefficient (Wildman–Crippen LogP) is 4.38. The van der Waals surface area contributed by atoms with Gasteiger partial charge in [0.25, 0.3) is 0 Å². The first-order valence-corrected chi connectivity index (χ1v) is 7.40. The SMILES string of the molecule is Cc1nc2ccccc2cc1C(=O)c1ccc(I)cc1. The summed E-state index contributed by atoms with van der Waals surface area (Å²) in [5.74, 6) is 0.0251. The van der Waals surface area contributed by atoms with Crippen LogP contribution in [-0.4, -0.2) is 10.8 Å². The highest BCUT2D eigenvalue weighted by Gasteiger charge is 2.13.